The van der Waals surface area contributed by atoms with E-state index in [0.717, 1.165) is 12.8 Å². The molecule has 0 bridgehead atoms. The summed E-state index contributed by atoms with van der Waals surface area (Å²) in [6.07, 6.45) is 1.74. The molecule has 6 heteroatoms. The van der Waals surface area contributed by atoms with Crippen LogP contribution in [0.15, 0.2) is 0 Å². The van der Waals surface area contributed by atoms with Crippen LogP contribution in [0.5, 0.6) is 0 Å². The van der Waals surface area contributed by atoms with E-state index in [-0.39, 0.29) is 0 Å². The molecule has 0 heterocycles. The third kappa shape index (κ3) is 15.0. The van der Waals surface area contributed by atoms with Gasteiger partial charge in [0.15, 0.2) is 0 Å². The van der Waals surface area contributed by atoms with Crippen molar-refractivity contribution in [2.45, 2.75) is 75.2 Å². The van der Waals surface area contributed by atoms with Crippen molar-refractivity contribution in [3.8, 4) is 0 Å². The van der Waals surface area contributed by atoms with E-state index in [9.17, 15) is 10.0 Å². The molecule has 0 saturated carbocycles. The number of rotatable bonds is 12. The second-order valence-electron chi connectivity index (χ2n) is 6.73. The van der Waals surface area contributed by atoms with Gasteiger partial charge in [0, 0.05) is 6.61 Å². The largest absolute Gasteiger partial charge is 0.871 e. The lowest BCUT2D eigenvalue weighted by molar-refractivity contribution is -0.921. The molecule has 0 fully saturated rings. The molecule has 5 nitrogen and oxygen atoms in total. The summed E-state index contributed by atoms with van der Waals surface area (Å²) in [5.74, 6) is 0. The fourth-order valence-electron chi connectivity index (χ4n) is 3.01. The zero-order valence-corrected chi connectivity index (χ0v) is 19.5. The third-order valence-corrected chi connectivity index (χ3v) is 6.12. The molecule has 0 spiro atoms. The van der Waals surface area contributed by atoms with Crippen molar-refractivity contribution in [2.24, 2.45) is 0 Å². The fourth-order valence-corrected chi connectivity index (χ4v) is 3.01. The second-order valence-corrected chi connectivity index (χ2v) is 6.73. The lowest BCUT2D eigenvalue weighted by atomic mass is 10.2. The minimum atomic E-state index is -2.10. The SMILES string of the molecule is CCCCOB([O-])[O-].CC[N+](CC)(CC)CC.CC[N+](CC)(CC)CC. The van der Waals surface area contributed by atoms with Crippen LogP contribution in [0.3, 0.4) is 0 Å². The molecule has 0 rings (SSSR count). The first-order chi connectivity index (χ1) is 12.3. The standard InChI is InChI=1S/2C8H20N.C4H9BO3/c2*1-5-9(6-2,7-3)8-4;1-2-3-4-8-5(6)7/h2*5-8H2,1-4H3;2-4H2,1H3/q2*+1;-2. The van der Waals surface area contributed by atoms with Gasteiger partial charge in [0.1, 0.15) is 0 Å². The molecule has 160 valence electrons. The van der Waals surface area contributed by atoms with Crippen LogP contribution in [0, 0.1) is 0 Å². The van der Waals surface area contributed by atoms with E-state index < -0.39 is 7.32 Å². The first-order valence-corrected chi connectivity index (χ1v) is 10.9. The van der Waals surface area contributed by atoms with Gasteiger partial charge in [0.25, 0.3) is 0 Å². The average Bonchev–Trinajstić information content (AvgIpc) is 2.67. The Morgan fingerprint density at radius 1 is 0.577 bits per heavy atom. The molecule has 0 aromatic heterocycles. The van der Waals surface area contributed by atoms with Crippen molar-refractivity contribution in [1.82, 2.24) is 0 Å². The van der Waals surface area contributed by atoms with Crippen LogP contribution in [-0.2, 0) is 4.65 Å². The van der Waals surface area contributed by atoms with Crippen molar-refractivity contribution < 1.29 is 23.7 Å². The Bertz CT molecular complexity index is 217. The van der Waals surface area contributed by atoms with Crippen molar-refractivity contribution in [1.29, 1.82) is 0 Å². The minimum absolute atomic E-state index is 0.300. The number of hydrogen-bond donors (Lipinski definition) is 0. The third-order valence-electron chi connectivity index (χ3n) is 6.12. The van der Waals surface area contributed by atoms with E-state index in [2.05, 4.69) is 60.0 Å². The first-order valence-electron chi connectivity index (χ1n) is 10.9. The van der Waals surface area contributed by atoms with Gasteiger partial charge in [-0.3, -0.25) is 0 Å². The van der Waals surface area contributed by atoms with Crippen LogP contribution < -0.4 is 10.0 Å². The Labute approximate surface area is 165 Å². The molecule has 0 unspecified atom stereocenters. The van der Waals surface area contributed by atoms with Crippen LogP contribution in [0.4, 0.5) is 0 Å². The topological polar surface area (TPSA) is 55.3 Å². The van der Waals surface area contributed by atoms with E-state index in [4.69, 9.17) is 0 Å². The molecule has 0 aromatic rings. The van der Waals surface area contributed by atoms with Gasteiger partial charge in [0.2, 0.25) is 0 Å². The summed E-state index contributed by atoms with van der Waals surface area (Å²) < 4.78 is 6.73. The van der Waals surface area contributed by atoms with Gasteiger partial charge in [-0.25, -0.2) is 0 Å². The monoisotopic (exact) mass is 376 g/mol. The molecule has 0 aliphatic carbocycles. The molecule has 0 radical (unpaired) electrons. The highest BCUT2D eigenvalue weighted by molar-refractivity contribution is 6.28. The highest BCUT2D eigenvalue weighted by atomic mass is 16.6. The van der Waals surface area contributed by atoms with Crippen LogP contribution in [0.1, 0.15) is 75.2 Å². The predicted molar refractivity (Wildman–Crippen MR) is 111 cm³/mol. The summed E-state index contributed by atoms with van der Waals surface area (Å²) in [6, 6.07) is 0. The molecule has 0 N–H and O–H groups in total. The predicted octanol–water partition coefficient (Wildman–Crippen LogP) is 2.27. The molecule has 0 atom stereocenters. The summed E-state index contributed by atoms with van der Waals surface area (Å²) in [5, 5.41) is 19.2. The Hall–Kier alpha value is -0.135. The van der Waals surface area contributed by atoms with Crippen LogP contribution in [-0.4, -0.2) is 75.3 Å². The first kappa shape index (κ1) is 30.6. The summed E-state index contributed by atoms with van der Waals surface area (Å²) in [4.78, 5) is 0. The number of unbranched alkanes of at least 4 members (excludes halogenated alkanes) is 1. The average molecular weight is 376 g/mol. The van der Waals surface area contributed by atoms with E-state index >= 15 is 0 Å². The van der Waals surface area contributed by atoms with Gasteiger partial charge in [-0.1, -0.05) is 13.3 Å². The maximum Gasteiger partial charge on any atom is 0.0757 e. The number of quaternary nitrogens is 2. The molecular weight excluding hydrogens is 327 g/mol. The highest BCUT2D eigenvalue weighted by Crippen LogP contribution is 2.04. The lowest BCUT2D eigenvalue weighted by Gasteiger charge is -2.34. The van der Waals surface area contributed by atoms with Gasteiger partial charge in [-0.15, -0.1) is 0 Å². The van der Waals surface area contributed by atoms with Gasteiger partial charge in [0.05, 0.1) is 59.7 Å². The van der Waals surface area contributed by atoms with Crippen molar-refractivity contribution >= 4 is 7.32 Å². The summed E-state index contributed by atoms with van der Waals surface area (Å²) in [6.45, 7) is 30.7. The Morgan fingerprint density at radius 3 is 0.962 bits per heavy atom. The molecule has 0 saturated heterocycles. The lowest BCUT2D eigenvalue weighted by Crippen LogP contribution is -2.47. The number of nitrogens with zero attached hydrogens (tertiary/aromatic N) is 2. The molecule has 0 aromatic carbocycles. The molecule has 26 heavy (non-hydrogen) atoms. The van der Waals surface area contributed by atoms with Crippen molar-refractivity contribution in [2.75, 3.05) is 59.0 Å². The van der Waals surface area contributed by atoms with E-state index in [0.29, 0.717) is 6.61 Å². The molecule has 0 aliphatic rings. The smallest absolute Gasteiger partial charge is 0.0757 e. The van der Waals surface area contributed by atoms with E-state index in [1.165, 1.54) is 61.3 Å². The Balaban J connectivity index is -0.000000306. The Morgan fingerprint density at radius 2 is 0.846 bits per heavy atom. The summed E-state index contributed by atoms with van der Waals surface area (Å²) >= 11 is 0. The van der Waals surface area contributed by atoms with Crippen LogP contribution in [0.2, 0.25) is 0 Å². The molecule has 0 aliphatic heterocycles. The Kier molecular flexibility index (Phi) is 23.1. The van der Waals surface area contributed by atoms with Crippen molar-refractivity contribution in [3.63, 3.8) is 0 Å². The van der Waals surface area contributed by atoms with Gasteiger partial charge >= 0.3 is 0 Å². The molecular formula is C20H49BN2O3. The maximum atomic E-state index is 9.62. The zero-order chi connectivity index (χ0) is 21.1. The van der Waals surface area contributed by atoms with Gasteiger partial charge < -0.3 is 23.7 Å². The normalized spacial score (nSPS) is 11.2. The van der Waals surface area contributed by atoms with E-state index in [1.807, 2.05) is 6.92 Å². The summed E-state index contributed by atoms with van der Waals surface area (Å²) in [5.41, 5.74) is 0. The highest BCUT2D eigenvalue weighted by Gasteiger charge is 2.16. The molecule has 0 amide bonds. The maximum absolute atomic E-state index is 9.62. The van der Waals surface area contributed by atoms with Crippen LogP contribution in [0.25, 0.3) is 0 Å². The van der Waals surface area contributed by atoms with Crippen LogP contribution >= 0.6 is 0 Å². The zero-order valence-electron chi connectivity index (χ0n) is 19.5. The minimum Gasteiger partial charge on any atom is -0.871 e. The van der Waals surface area contributed by atoms with Crippen molar-refractivity contribution in [3.05, 3.63) is 0 Å². The number of hydrogen-bond acceptors (Lipinski definition) is 3. The van der Waals surface area contributed by atoms with Gasteiger partial charge in [-0.05, 0) is 61.8 Å². The fraction of sp³-hybridized carbons (Fsp3) is 1.00. The van der Waals surface area contributed by atoms with Gasteiger partial charge in [-0.2, -0.15) is 0 Å². The quantitative estimate of drug-likeness (QED) is 0.298. The summed E-state index contributed by atoms with van der Waals surface area (Å²) in [7, 11) is -2.10. The van der Waals surface area contributed by atoms with E-state index in [1.54, 1.807) is 0 Å². The second kappa shape index (κ2) is 19.6.